The molecular weight excluding hydrogens is 366 g/mol. The molecule has 1 aromatic heterocycles. The summed E-state index contributed by atoms with van der Waals surface area (Å²) in [4.78, 5) is 17.6. The molecule has 3 aromatic carbocycles. The van der Waals surface area contributed by atoms with Gasteiger partial charge in [0, 0.05) is 23.1 Å². The number of Topliss-reactive ketones (excluding diaryl/α,β-unsaturated/α-hetero) is 1. The average Bonchev–Trinajstić information content (AvgIpc) is 2.75. The Morgan fingerprint density at radius 3 is 2.29 bits per heavy atom. The Morgan fingerprint density at radius 1 is 0.821 bits per heavy atom. The van der Waals surface area contributed by atoms with Crippen molar-refractivity contribution in [1.29, 1.82) is 0 Å². The molecule has 138 valence electrons. The Morgan fingerprint density at radius 2 is 1.54 bits per heavy atom. The van der Waals surface area contributed by atoms with Gasteiger partial charge in [-0.1, -0.05) is 90.5 Å². The van der Waals surface area contributed by atoms with Crippen LogP contribution in [0.4, 0.5) is 0 Å². The van der Waals surface area contributed by atoms with Gasteiger partial charge in [-0.15, -0.1) is 0 Å². The van der Waals surface area contributed by atoms with Gasteiger partial charge in [-0.05, 0) is 30.0 Å². The SMILES string of the molecule is O=C(CC(Cc1ccc2cccc(Cl)c2n1)c1ccccc1)c1ccccc1. The molecule has 0 saturated carbocycles. The first kappa shape index (κ1) is 18.4. The normalized spacial score (nSPS) is 12.0. The summed E-state index contributed by atoms with van der Waals surface area (Å²) < 4.78 is 0. The van der Waals surface area contributed by atoms with Crippen LogP contribution in [-0.2, 0) is 6.42 Å². The number of carbonyl (C=O) groups excluding carboxylic acids is 1. The number of pyridine rings is 1. The number of carbonyl (C=O) groups is 1. The average molecular weight is 386 g/mol. The summed E-state index contributed by atoms with van der Waals surface area (Å²) in [6.07, 6.45) is 1.13. The molecule has 28 heavy (non-hydrogen) atoms. The Bertz CT molecular complexity index is 1090. The van der Waals surface area contributed by atoms with E-state index in [0.717, 1.165) is 27.7 Å². The highest BCUT2D eigenvalue weighted by molar-refractivity contribution is 6.35. The molecule has 0 N–H and O–H groups in total. The summed E-state index contributed by atoms with van der Waals surface area (Å²) in [5, 5.41) is 1.67. The van der Waals surface area contributed by atoms with Crippen LogP contribution in [0.15, 0.2) is 91.0 Å². The molecule has 0 fully saturated rings. The molecular formula is C25H20ClNO. The molecule has 0 saturated heterocycles. The molecule has 0 amide bonds. The largest absolute Gasteiger partial charge is 0.294 e. The second-order valence-electron chi connectivity index (χ2n) is 6.92. The van der Waals surface area contributed by atoms with Crippen molar-refractivity contribution in [2.45, 2.75) is 18.8 Å². The molecule has 4 aromatic rings. The molecule has 3 heteroatoms. The second kappa shape index (κ2) is 8.37. The molecule has 0 spiro atoms. The number of fused-ring (bicyclic) bond motifs is 1. The van der Waals surface area contributed by atoms with E-state index in [2.05, 4.69) is 12.1 Å². The fourth-order valence-corrected chi connectivity index (χ4v) is 3.74. The van der Waals surface area contributed by atoms with E-state index in [-0.39, 0.29) is 11.7 Å². The van der Waals surface area contributed by atoms with Gasteiger partial charge < -0.3 is 0 Å². The zero-order chi connectivity index (χ0) is 19.3. The fraction of sp³-hybridized carbons (Fsp3) is 0.120. The Balaban J connectivity index is 1.64. The van der Waals surface area contributed by atoms with Gasteiger partial charge >= 0.3 is 0 Å². The maximum absolute atomic E-state index is 12.8. The summed E-state index contributed by atoms with van der Waals surface area (Å²) >= 11 is 6.33. The van der Waals surface area contributed by atoms with Crippen molar-refractivity contribution in [2.75, 3.05) is 0 Å². The van der Waals surface area contributed by atoms with Crippen LogP contribution in [0.25, 0.3) is 10.9 Å². The topological polar surface area (TPSA) is 30.0 Å². The number of halogens is 1. The van der Waals surface area contributed by atoms with Crippen molar-refractivity contribution in [2.24, 2.45) is 0 Å². The third-order valence-corrected chi connectivity index (χ3v) is 5.29. The van der Waals surface area contributed by atoms with E-state index >= 15 is 0 Å². The number of aromatic nitrogens is 1. The summed E-state index contributed by atoms with van der Waals surface area (Å²) in [5.41, 5.74) is 3.64. The number of hydrogen-bond donors (Lipinski definition) is 0. The van der Waals surface area contributed by atoms with Gasteiger partial charge in [0.25, 0.3) is 0 Å². The standard InChI is InChI=1S/C25H20ClNO/c26-23-13-7-12-20-14-15-22(27-25(20)23)16-21(18-8-3-1-4-9-18)17-24(28)19-10-5-2-6-11-19/h1-15,21H,16-17H2. The maximum atomic E-state index is 12.8. The minimum atomic E-state index is 0.0568. The van der Waals surface area contributed by atoms with Crippen molar-refractivity contribution >= 4 is 28.3 Å². The first-order valence-electron chi connectivity index (χ1n) is 9.38. The number of hydrogen-bond acceptors (Lipinski definition) is 2. The Labute approximate surface area is 169 Å². The predicted molar refractivity (Wildman–Crippen MR) is 115 cm³/mol. The minimum Gasteiger partial charge on any atom is -0.294 e. The van der Waals surface area contributed by atoms with E-state index < -0.39 is 0 Å². The molecule has 0 aliphatic heterocycles. The van der Waals surface area contributed by atoms with Gasteiger partial charge in [-0.25, -0.2) is 0 Å². The summed E-state index contributed by atoms with van der Waals surface area (Å²) in [6.45, 7) is 0. The van der Waals surface area contributed by atoms with Crippen LogP contribution >= 0.6 is 11.6 Å². The van der Waals surface area contributed by atoms with E-state index in [0.29, 0.717) is 17.9 Å². The highest BCUT2D eigenvalue weighted by Gasteiger charge is 2.19. The van der Waals surface area contributed by atoms with Gasteiger partial charge in [0.1, 0.15) is 0 Å². The molecule has 0 bridgehead atoms. The number of nitrogens with zero attached hydrogens (tertiary/aromatic N) is 1. The molecule has 1 atom stereocenters. The van der Waals surface area contributed by atoms with E-state index in [1.54, 1.807) is 0 Å². The van der Waals surface area contributed by atoms with E-state index in [9.17, 15) is 4.79 Å². The lowest BCUT2D eigenvalue weighted by atomic mass is 9.87. The molecule has 0 radical (unpaired) electrons. The van der Waals surface area contributed by atoms with E-state index in [1.165, 1.54) is 0 Å². The monoisotopic (exact) mass is 385 g/mol. The lowest BCUT2D eigenvalue weighted by molar-refractivity contribution is 0.0973. The molecule has 1 unspecified atom stereocenters. The number of rotatable bonds is 6. The Hall–Kier alpha value is -2.97. The first-order valence-corrected chi connectivity index (χ1v) is 9.76. The van der Waals surface area contributed by atoms with Crippen molar-refractivity contribution < 1.29 is 4.79 Å². The maximum Gasteiger partial charge on any atom is 0.163 e. The summed E-state index contributed by atoms with van der Waals surface area (Å²) in [6, 6.07) is 29.5. The number of para-hydroxylation sites is 1. The molecule has 4 rings (SSSR count). The highest BCUT2D eigenvalue weighted by atomic mass is 35.5. The third kappa shape index (κ3) is 4.13. The predicted octanol–water partition coefficient (Wildman–Crippen LogP) is 6.49. The summed E-state index contributed by atoms with van der Waals surface area (Å²) in [7, 11) is 0. The van der Waals surface area contributed by atoms with Crippen LogP contribution in [0.1, 0.15) is 34.0 Å². The van der Waals surface area contributed by atoms with Crippen LogP contribution in [0.2, 0.25) is 5.02 Å². The zero-order valence-electron chi connectivity index (χ0n) is 15.4. The molecule has 2 nitrogen and oxygen atoms in total. The van der Waals surface area contributed by atoms with Crippen molar-refractivity contribution in [1.82, 2.24) is 4.98 Å². The molecule has 1 heterocycles. The quantitative estimate of drug-likeness (QED) is 0.355. The summed E-state index contributed by atoms with van der Waals surface area (Å²) in [5.74, 6) is 0.203. The van der Waals surface area contributed by atoms with Gasteiger partial charge in [0.15, 0.2) is 5.78 Å². The van der Waals surface area contributed by atoms with Crippen molar-refractivity contribution in [3.8, 4) is 0 Å². The Kier molecular flexibility index (Phi) is 5.50. The van der Waals surface area contributed by atoms with Crippen LogP contribution in [0.3, 0.4) is 0 Å². The highest BCUT2D eigenvalue weighted by Crippen LogP contribution is 2.28. The van der Waals surface area contributed by atoms with Crippen LogP contribution in [0, 0.1) is 0 Å². The minimum absolute atomic E-state index is 0.0568. The smallest absolute Gasteiger partial charge is 0.163 e. The van der Waals surface area contributed by atoms with Gasteiger partial charge in [0.05, 0.1) is 10.5 Å². The van der Waals surface area contributed by atoms with Crippen molar-refractivity contribution in [3.05, 3.63) is 113 Å². The zero-order valence-corrected chi connectivity index (χ0v) is 16.1. The van der Waals surface area contributed by atoms with E-state index in [4.69, 9.17) is 16.6 Å². The van der Waals surface area contributed by atoms with Crippen LogP contribution in [0.5, 0.6) is 0 Å². The molecule has 0 aliphatic carbocycles. The lowest BCUT2D eigenvalue weighted by Crippen LogP contribution is -2.11. The van der Waals surface area contributed by atoms with Gasteiger partial charge in [-0.2, -0.15) is 0 Å². The van der Waals surface area contributed by atoms with Gasteiger partial charge in [0.2, 0.25) is 0 Å². The first-order chi connectivity index (χ1) is 13.7. The molecule has 0 aliphatic rings. The number of ketones is 1. The van der Waals surface area contributed by atoms with Crippen LogP contribution < -0.4 is 0 Å². The lowest BCUT2D eigenvalue weighted by Gasteiger charge is -2.17. The van der Waals surface area contributed by atoms with Gasteiger partial charge in [-0.3, -0.25) is 9.78 Å². The van der Waals surface area contributed by atoms with Crippen LogP contribution in [-0.4, -0.2) is 10.8 Å². The van der Waals surface area contributed by atoms with E-state index in [1.807, 2.05) is 78.9 Å². The number of benzene rings is 3. The fourth-order valence-electron chi connectivity index (χ4n) is 3.52. The third-order valence-electron chi connectivity index (χ3n) is 4.98. The second-order valence-corrected chi connectivity index (χ2v) is 7.33. The van der Waals surface area contributed by atoms with Crippen molar-refractivity contribution in [3.63, 3.8) is 0 Å².